The zero-order valence-corrected chi connectivity index (χ0v) is 20.3. The van der Waals surface area contributed by atoms with Crippen LogP contribution in [-0.2, 0) is 32.0 Å². The van der Waals surface area contributed by atoms with Gasteiger partial charge in [-0.05, 0) is 49.8 Å². The molecule has 0 aliphatic heterocycles. The summed E-state index contributed by atoms with van der Waals surface area (Å²) in [4.78, 5) is 12.4. The fourth-order valence-corrected chi connectivity index (χ4v) is 3.66. The quantitative estimate of drug-likeness (QED) is 0.279. The van der Waals surface area contributed by atoms with E-state index in [0.29, 0.717) is 30.1 Å². The molecule has 0 radical (unpaired) electrons. The van der Waals surface area contributed by atoms with E-state index in [2.05, 4.69) is 0 Å². The van der Waals surface area contributed by atoms with Crippen molar-refractivity contribution >= 4 is 5.97 Å². The van der Waals surface area contributed by atoms with E-state index in [4.69, 9.17) is 28.4 Å². The summed E-state index contributed by atoms with van der Waals surface area (Å²) in [6.45, 7) is 2.79. The Kier molecular flexibility index (Phi) is 11.7. The third-order valence-electron chi connectivity index (χ3n) is 5.37. The monoisotopic (exact) mass is 460 g/mol. The van der Waals surface area contributed by atoms with E-state index < -0.39 is 5.97 Å². The van der Waals surface area contributed by atoms with Gasteiger partial charge in [-0.1, -0.05) is 30.3 Å². The lowest BCUT2D eigenvalue weighted by Crippen LogP contribution is -2.22. The molecule has 2 aromatic rings. The number of esters is 1. The fourth-order valence-electron chi connectivity index (χ4n) is 3.66. The van der Waals surface area contributed by atoms with E-state index in [1.54, 1.807) is 20.3 Å². The lowest BCUT2D eigenvalue weighted by molar-refractivity contribution is -0.0868. The van der Waals surface area contributed by atoms with Crippen LogP contribution in [0.3, 0.4) is 0 Å². The van der Waals surface area contributed by atoms with Crippen molar-refractivity contribution < 1.29 is 33.2 Å². The van der Waals surface area contributed by atoms with E-state index in [9.17, 15) is 4.79 Å². The van der Waals surface area contributed by atoms with E-state index in [0.717, 1.165) is 30.4 Å². The largest absolute Gasteiger partial charge is 0.497 e. The minimum Gasteiger partial charge on any atom is -0.497 e. The highest BCUT2D eigenvalue weighted by Gasteiger charge is 2.21. The highest BCUT2D eigenvalue weighted by molar-refractivity contribution is 5.94. The van der Waals surface area contributed by atoms with Crippen LogP contribution in [0.4, 0.5) is 0 Å². The number of ether oxygens (including phenoxy) is 6. The van der Waals surface area contributed by atoms with Crippen LogP contribution in [0.25, 0.3) is 0 Å². The predicted molar refractivity (Wildman–Crippen MR) is 126 cm³/mol. The normalized spacial score (nSPS) is 12.8. The third kappa shape index (κ3) is 8.68. The Morgan fingerprint density at radius 2 is 1.73 bits per heavy atom. The summed E-state index contributed by atoms with van der Waals surface area (Å²) in [6.07, 6.45) is 2.97. The topological polar surface area (TPSA) is 72.5 Å². The van der Waals surface area contributed by atoms with Crippen LogP contribution in [0.5, 0.6) is 11.5 Å². The van der Waals surface area contributed by atoms with Gasteiger partial charge in [0, 0.05) is 13.2 Å². The molecule has 33 heavy (non-hydrogen) atoms. The molecular weight excluding hydrogens is 424 g/mol. The number of aryl methyl sites for hydroxylation is 1. The molecule has 182 valence electrons. The van der Waals surface area contributed by atoms with Crippen molar-refractivity contribution in [3.05, 3.63) is 59.2 Å². The van der Waals surface area contributed by atoms with Gasteiger partial charge in [-0.15, -0.1) is 0 Å². The fraction of sp³-hybridized carbons (Fsp3) is 0.500. The first-order valence-corrected chi connectivity index (χ1v) is 11.1. The molecule has 2 aromatic carbocycles. The van der Waals surface area contributed by atoms with Crippen molar-refractivity contribution in [2.75, 3.05) is 35.2 Å². The molecule has 0 fully saturated rings. The van der Waals surface area contributed by atoms with Crippen LogP contribution in [0.2, 0.25) is 0 Å². The molecule has 0 saturated heterocycles. The Bertz CT molecular complexity index is 838. The minimum absolute atomic E-state index is 0.00623. The van der Waals surface area contributed by atoms with Gasteiger partial charge < -0.3 is 28.4 Å². The maximum Gasteiger partial charge on any atom is 0.341 e. The van der Waals surface area contributed by atoms with Crippen molar-refractivity contribution in [1.29, 1.82) is 0 Å². The molecule has 2 atom stereocenters. The van der Waals surface area contributed by atoms with Crippen LogP contribution in [0.1, 0.15) is 47.7 Å². The molecule has 0 spiro atoms. The van der Waals surface area contributed by atoms with Gasteiger partial charge in [-0.3, -0.25) is 0 Å². The summed E-state index contributed by atoms with van der Waals surface area (Å²) in [6, 6.07) is 13.6. The van der Waals surface area contributed by atoms with Crippen LogP contribution in [0.15, 0.2) is 42.5 Å². The van der Waals surface area contributed by atoms with Gasteiger partial charge in [0.1, 0.15) is 23.9 Å². The molecule has 2 rings (SSSR count). The highest BCUT2D eigenvalue weighted by Crippen LogP contribution is 2.31. The van der Waals surface area contributed by atoms with E-state index in [1.807, 2.05) is 43.3 Å². The van der Waals surface area contributed by atoms with Gasteiger partial charge >= 0.3 is 5.97 Å². The molecule has 0 bridgehead atoms. The second kappa shape index (κ2) is 14.5. The molecule has 0 aliphatic carbocycles. The number of benzene rings is 2. The Labute approximate surface area is 196 Å². The maximum absolute atomic E-state index is 12.4. The standard InChI is InChI=1S/C26H36O7/c1-19(33-18-28-2)14-22(32-17-20-10-7-6-8-11-20)13-9-12-21-15-23(29-3)16-24(30-4)25(21)26(27)31-5/h6-8,10-11,15-16,19,22H,9,12-14,17-18H2,1-5H3/t19-,22+/m0/s1. The minimum atomic E-state index is -0.428. The van der Waals surface area contributed by atoms with Gasteiger partial charge in [-0.25, -0.2) is 4.79 Å². The molecule has 7 nitrogen and oxygen atoms in total. The van der Waals surface area contributed by atoms with Gasteiger partial charge in [0.15, 0.2) is 0 Å². The molecule has 0 N–H and O–H groups in total. The number of rotatable bonds is 15. The van der Waals surface area contributed by atoms with Crippen LogP contribution >= 0.6 is 0 Å². The van der Waals surface area contributed by atoms with Gasteiger partial charge in [-0.2, -0.15) is 0 Å². The zero-order chi connectivity index (χ0) is 24.1. The molecular formula is C26H36O7. The SMILES string of the molecule is COCO[C@@H](C)C[C@@H](CCCc1cc(OC)cc(OC)c1C(=O)OC)OCc1ccccc1. The van der Waals surface area contributed by atoms with Crippen molar-refractivity contribution in [3.8, 4) is 11.5 Å². The van der Waals surface area contributed by atoms with Crippen LogP contribution in [0, 0.1) is 0 Å². The maximum atomic E-state index is 12.4. The Morgan fingerprint density at radius 3 is 2.36 bits per heavy atom. The summed E-state index contributed by atoms with van der Waals surface area (Å²) < 4.78 is 32.7. The van der Waals surface area contributed by atoms with Crippen LogP contribution in [-0.4, -0.2) is 53.4 Å². The Balaban J connectivity index is 2.09. The summed E-state index contributed by atoms with van der Waals surface area (Å²) >= 11 is 0. The van der Waals surface area contributed by atoms with E-state index in [1.165, 1.54) is 14.2 Å². The molecule has 0 heterocycles. The Hall–Kier alpha value is -2.61. The second-order valence-corrected chi connectivity index (χ2v) is 7.79. The van der Waals surface area contributed by atoms with Crippen molar-refractivity contribution in [2.45, 2.75) is 51.4 Å². The van der Waals surface area contributed by atoms with E-state index in [-0.39, 0.29) is 19.0 Å². The average molecular weight is 461 g/mol. The second-order valence-electron chi connectivity index (χ2n) is 7.79. The van der Waals surface area contributed by atoms with Crippen molar-refractivity contribution in [3.63, 3.8) is 0 Å². The first-order valence-electron chi connectivity index (χ1n) is 11.1. The first-order chi connectivity index (χ1) is 16.0. The van der Waals surface area contributed by atoms with Crippen molar-refractivity contribution in [2.24, 2.45) is 0 Å². The van der Waals surface area contributed by atoms with Gasteiger partial charge in [0.05, 0.1) is 40.1 Å². The molecule has 0 saturated carbocycles. The summed E-state index contributed by atoms with van der Waals surface area (Å²) in [5.41, 5.74) is 2.38. The number of hydrogen-bond donors (Lipinski definition) is 0. The average Bonchev–Trinajstić information content (AvgIpc) is 2.85. The molecule has 7 heteroatoms. The van der Waals surface area contributed by atoms with Gasteiger partial charge in [0.2, 0.25) is 0 Å². The summed E-state index contributed by atoms with van der Waals surface area (Å²) in [5.74, 6) is 0.644. The van der Waals surface area contributed by atoms with Gasteiger partial charge in [0.25, 0.3) is 0 Å². The third-order valence-corrected chi connectivity index (χ3v) is 5.37. The lowest BCUT2D eigenvalue weighted by atomic mass is 9.98. The lowest BCUT2D eigenvalue weighted by Gasteiger charge is -2.22. The first kappa shape index (κ1) is 26.6. The number of hydrogen-bond acceptors (Lipinski definition) is 7. The number of carbonyl (C=O) groups excluding carboxylic acids is 1. The van der Waals surface area contributed by atoms with Crippen LogP contribution < -0.4 is 9.47 Å². The zero-order valence-electron chi connectivity index (χ0n) is 20.3. The molecule has 0 amide bonds. The molecule has 0 unspecified atom stereocenters. The number of methoxy groups -OCH3 is 4. The molecule has 0 aliphatic rings. The smallest absolute Gasteiger partial charge is 0.341 e. The number of carbonyl (C=O) groups is 1. The summed E-state index contributed by atoms with van der Waals surface area (Å²) in [5, 5.41) is 0. The Morgan fingerprint density at radius 1 is 0.970 bits per heavy atom. The van der Waals surface area contributed by atoms with Crippen molar-refractivity contribution in [1.82, 2.24) is 0 Å². The summed E-state index contributed by atoms with van der Waals surface area (Å²) in [7, 11) is 6.09. The highest BCUT2D eigenvalue weighted by atomic mass is 16.7. The van der Waals surface area contributed by atoms with E-state index >= 15 is 0 Å². The molecule has 0 aromatic heterocycles. The predicted octanol–water partition coefficient (Wildman–Crippen LogP) is 4.80.